The van der Waals surface area contributed by atoms with E-state index in [0.29, 0.717) is 19.5 Å². The van der Waals surface area contributed by atoms with Crippen LogP contribution in [0.15, 0.2) is 12.3 Å². The molecule has 1 aromatic heterocycles. The van der Waals surface area contributed by atoms with Crippen LogP contribution >= 0.6 is 0 Å². The highest BCUT2D eigenvalue weighted by molar-refractivity contribution is 5.73. The summed E-state index contributed by atoms with van der Waals surface area (Å²) in [4.78, 5) is 21.5. The lowest BCUT2D eigenvalue weighted by Crippen LogP contribution is -2.35. The van der Waals surface area contributed by atoms with Crippen molar-refractivity contribution in [3.8, 4) is 0 Å². The van der Waals surface area contributed by atoms with E-state index >= 15 is 0 Å². The van der Waals surface area contributed by atoms with Crippen LogP contribution in [-0.4, -0.2) is 33.4 Å². The van der Waals surface area contributed by atoms with E-state index in [1.165, 1.54) is 0 Å². The number of urea groups is 1. The number of hydrogen-bond donors (Lipinski definition) is 3. The summed E-state index contributed by atoms with van der Waals surface area (Å²) in [6, 6.07) is 1.49. The van der Waals surface area contributed by atoms with Crippen LogP contribution in [0.4, 0.5) is 4.79 Å². The Morgan fingerprint density at radius 2 is 2.24 bits per heavy atom. The van der Waals surface area contributed by atoms with E-state index in [2.05, 4.69) is 15.7 Å². The minimum absolute atomic E-state index is 0.0561. The van der Waals surface area contributed by atoms with Gasteiger partial charge in [0, 0.05) is 26.2 Å². The summed E-state index contributed by atoms with van der Waals surface area (Å²) >= 11 is 0. The second-order valence-corrected chi connectivity index (χ2v) is 3.59. The summed E-state index contributed by atoms with van der Waals surface area (Å²) in [5, 5.41) is 17.7. The Bertz CT molecular complexity index is 389. The van der Waals surface area contributed by atoms with E-state index in [4.69, 9.17) is 5.11 Å². The smallest absolute Gasteiger partial charge is 0.315 e. The second-order valence-electron chi connectivity index (χ2n) is 3.59. The van der Waals surface area contributed by atoms with Gasteiger partial charge in [-0.15, -0.1) is 0 Å². The van der Waals surface area contributed by atoms with Gasteiger partial charge in [0.2, 0.25) is 0 Å². The van der Waals surface area contributed by atoms with Gasteiger partial charge in [0.15, 0.2) is 0 Å². The van der Waals surface area contributed by atoms with E-state index in [9.17, 15) is 9.59 Å². The first-order valence-corrected chi connectivity index (χ1v) is 5.30. The standard InChI is InChI=1S/C10H16N4O3/c1-14-6-4-8(13-14)7-12-10(17)11-5-2-3-9(15)16/h4,6H,2-3,5,7H2,1H3,(H,15,16)(H2,11,12,17). The molecule has 0 saturated carbocycles. The first-order chi connectivity index (χ1) is 8.08. The molecule has 0 aliphatic rings. The number of aliphatic carboxylic acids is 1. The van der Waals surface area contributed by atoms with E-state index in [1.807, 2.05) is 6.07 Å². The summed E-state index contributed by atoms with van der Waals surface area (Å²) in [6.07, 6.45) is 2.27. The number of amides is 2. The summed E-state index contributed by atoms with van der Waals surface area (Å²) in [6.45, 7) is 0.700. The average molecular weight is 240 g/mol. The van der Waals surface area contributed by atoms with Gasteiger partial charge >= 0.3 is 12.0 Å². The molecule has 0 spiro atoms. The largest absolute Gasteiger partial charge is 0.481 e. The predicted molar refractivity (Wildman–Crippen MR) is 60.3 cm³/mol. The third-order valence-corrected chi connectivity index (χ3v) is 2.05. The van der Waals surface area contributed by atoms with Crippen molar-refractivity contribution in [3.05, 3.63) is 18.0 Å². The number of rotatable bonds is 6. The Morgan fingerprint density at radius 1 is 1.47 bits per heavy atom. The van der Waals surface area contributed by atoms with Crippen LogP contribution < -0.4 is 10.6 Å². The van der Waals surface area contributed by atoms with Gasteiger partial charge in [-0.1, -0.05) is 0 Å². The molecule has 1 heterocycles. The highest BCUT2D eigenvalue weighted by Gasteiger charge is 2.02. The maximum Gasteiger partial charge on any atom is 0.315 e. The number of hydrogen-bond acceptors (Lipinski definition) is 3. The van der Waals surface area contributed by atoms with Gasteiger partial charge in [-0.25, -0.2) is 4.79 Å². The van der Waals surface area contributed by atoms with E-state index in [-0.39, 0.29) is 12.5 Å². The fourth-order valence-corrected chi connectivity index (χ4v) is 1.23. The molecule has 0 aromatic carbocycles. The minimum Gasteiger partial charge on any atom is -0.481 e. The van der Waals surface area contributed by atoms with Crippen LogP contribution in [0.5, 0.6) is 0 Å². The molecule has 3 N–H and O–H groups in total. The average Bonchev–Trinajstić information content (AvgIpc) is 2.67. The number of nitrogens with zero attached hydrogens (tertiary/aromatic N) is 2. The predicted octanol–water partition coefficient (Wildman–Crippen LogP) is 0.0841. The molecule has 0 radical (unpaired) electrons. The zero-order valence-electron chi connectivity index (χ0n) is 9.64. The van der Waals surface area contributed by atoms with Crippen LogP contribution in [-0.2, 0) is 18.4 Å². The van der Waals surface area contributed by atoms with Gasteiger partial charge in [0.05, 0.1) is 12.2 Å². The SMILES string of the molecule is Cn1ccc(CNC(=O)NCCCC(=O)O)n1. The third-order valence-electron chi connectivity index (χ3n) is 2.05. The molecule has 17 heavy (non-hydrogen) atoms. The third kappa shape index (κ3) is 5.55. The molecule has 0 atom stereocenters. The van der Waals surface area contributed by atoms with Crippen LogP contribution in [0.2, 0.25) is 0 Å². The summed E-state index contributed by atoms with van der Waals surface area (Å²) < 4.78 is 1.65. The molecule has 7 nitrogen and oxygen atoms in total. The Hall–Kier alpha value is -2.05. The van der Waals surface area contributed by atoms with Gasteiger partial charge in [-0.05, 0) is 12.5 Å². The van der Waals surface area contributed by atoms with Crippen LogP contribution in [0, 0.1) is 0 Å². The van der Waals surface area contributed by atoms with Gasteiger partial charge in [0.1, 0.15) is 0 Å². The lowest BCUT2D eigenvalue weighted by molar-refractivity contribution is -0.137. The van der Waals surface area contributed by atoms with Crippen molar-refractivity contribution in [2.24, 2.45) is 7.05 Å². The van der Waals surface area contributed by atoms with Crippen LogP contribution in [0.1, 0.15) is 18.5 Å². The zero-order chi connectivity index (χ0) is 12.7. The van der Waals surface area contributed by atoms with Crippen molar-refractivity contribution in [1.29, 1.82) is 0 Å². The maximum absolute atomic E-state index is 11.3. The monoisotopic (exact) mass is 240 g/mol. The maximum atomic E-state index is 11.3. The van der Waals surface area contributed by atoms with Crippen molar-refractivity contribution in [1.82, 2.24) is 20.4 Å². The molecular weight excluding hydrogens is 224 g/mol. The van der Waals surface area contributed by atoms with E-state index in [0.717, 1.165) is 5.69 Å². The molecule has 0 bridgehead atoms. The summed E-state index contributed by atoms with van der Waals surface area (Å²) in [7, 11) is 1.80. The first-order valence-electron chi connectivity index (χ1n) is 5.30. The second kappa shape index (κ2) is 6.51. The fraction of sp³-hybridized carbons (Fsp3) is 0.500. The van der Waals surface area contributed by atoms with Crippen molar-refractivity contribution >= 4 is 12.0 Å². The number of carbonyl (C=O) groups excluding carboxylic acids is 1. The summed E-state index contributed by atoms with van der Waals surface area (Å²) in [5.41, 5.74) is 0.771. The first kappa shape index (κ1) is 13.0. The van der Waals surface area contributed by atoms with Gasteiger partial charge in [-0.2, -0.15) is 5.10 Å². The fourth-order valence-electron chi connectivity index (χ4n) is 1.23. The Labute approximate surface area is 98.8 Å². The number of aromatic nitrogens is 2. The van der Waals surface area contributed by atoms with Gasteiger partial charge < -0.3 is 15.7 Å². The van der Waals surface area contributed by atoms with Crippen molar-refractivity contribution in [2.75, 3.05) is 6.54 Å². The molecule has 0 saturated heterocycles. The Balaban J connectivity index is 2.11. The number of carboxylic acid groups (broad SMARTS) is 1. The highest BCUT2D eigenvalue weighted by Crippen LogP contribution is 1.92. The molecule has 2 amide bonds. The number of nitrogens with one attached hydrogen (secondary N) is 2. The van der Waals surface area contributed by atoms with Crippen molar-refractivity contribution < 1.29 is 14.7 Å². The molecule has 0 aliphatic carbocycles. The molecule has 94 valence electrons. The van der Waals surface area contributed by atoms with Crippen LogP contribution in [0.25, 0.3) is 0 Å². The Morgan fingerprint density at radius 3 is 2.82 bits per heavy atom. The molecule has 7 heteroatoms. The lowest BCUT2D eigenvalue weighted by atomic mass is 10.3. The molecule has 1 rings (SSSR count). The quantitative estimate of drug-likeness (QED) is 0.614. The molecular formula is C10H16N4O3. The Kier molecular flexibility index (Phi) is 4.99. The highest BCUT2D eigenvalue weighted by atomic mass is 16.4. The van der Waals surface area contributed by atoms with E-state index < -0.39 is 5.97 Å². The molecule has 0 fully saturated rings. The topological polar surface area (TPSA) is 96.2 Å². The molecule has 1 aromatic rings. The number of carboxylic acids is 1. The number of carbonyl (C=O) groups is 2. The van der Waals surface area contributed by atoms with Crippen molar-refractivity contribution in [2.45, 2.75) is 19.4 Å². The lowest BCUT2D eigenvalue weighted by Gasteiger charge is -2.05. The van der Waals surface area contributed by atoms with Gasteiger partial charge in [-0.3, -0.25) is 9.48 Å². The summed E-state index contributed by atoms with van der Waals surface area (Å²) in [5.74, 6) is -0.860. The number of aryl methyl sites for hydroxylation is 1. The zero-order valence-corrected chi connectivity index (χ0v) is 9.64. The van der Waals surface area contributed by atoms with Gasteiger partial charge in [0.25, 0.3) is 0 Å². The normalized spacial score (nSPS) is 9.94. The van der Waals surface area contributed by atoms with Crippen LogP contribution in [0.3, 0.4) is 0 Å². The molecule has 0 aliphatic heterocycles. The minimum atomic E-state index is -0.860. The van der Waals surface area contributed by atoms with E-state index in [1.54, 1.807) is 17.9 Å². The van der Waals surface area contributed by atoms with Crippen molar-refractivity contribution in [3.63, 3.8) is 0 Å². The molecule has 0 unspecified atom stereocenters.